The van der Waals surface area contributed by atoms with Crippen molar-refractivity contribution >= 4 is 16.9 Å². The third-order valence-corrected chi connectivity index (χ3v) is 5.44. The maximum Gasteiger partial charge on any atom is 0.352 e. The normalized spacial score (nSPS) is 14.3. The van der Waals surface area contributed by atoms with Gasteiger partial charge in [-0.1, -0.05) is 30.3 Å². The Hall–Kier alpha value is -3.08. The molecule has 3 aromatic rings. The Morgan fingerprint density at radius 1 is 1.07 bits per heavy atom. The predicted molar refractivity (Wildman–Crippen MR) is 110 cm³/mol. The van der Waals surface area contributed by atoms with E-state index in [9.17, 15) is 9.59 Å². The van der Waals surface area contributed by atoms with E-state index in [2.05, 4.69) is 0 Å². The van der Waals surface area contributed by atoms with Gasteiger partial charge in [0.15, 0.2) is 0 Å². The van der Waals surface area contributed by atoms with Crippen LogP contribution < -0.4 is 10.4 Å². The summed E-state index contributed by atoms with van der Waals surface area (Å²) in [5.74, 6) is 0.0448. The minimum absolute atomic E-state index is 0.266. The van der Waals surface area contributed by atoms with Crippen LogP contribution in [0.3, 0.4) is 0 Å². The Bertz CT molecular complexity index is 1100. The van der Waals surface area contributed by atoms with Gasteiger partial charge in [-0.25, -0.2) is 9.59 Å². The number of carbonyl (C=O) groups excluding carboxylic acids is 1. The topological polar surface area (TPSA) is 65.7 Å². The average molecular weight is 392 g/mol. The average Bonchev–Trinajstić information content (AvgIpc) is 2.75. The Morgan fingerprint density at radius 3 is 2.52 bits per heavy atom. The molecule has 0 N–H and O–H groups in total. The number of carbonyl (C=O) groups is 1. The van der Waals surface area contributed by atoms with Crippen molar-refractivity contribution in [1.29, 1.82) is 0 Å². The van der Waals surface area contributed by atoms with Gasteiger partial charge in [0.1, 0.15) is 11.3 Å². The lowest BCUT2D eigenvalue weighted by Gasteiger charge is -2.21. The van der Waals surface area contributed by atoms with Gasteiger partial charge in [0.25, 0.3) is 0 Å². The maximum atomic E-state index is 12.5. The molecule has 0 amide bonds. The smallest absolute Gasteiger partial charge is 0.352 e. The highest BCUT2D eigenvalue weighted by Gasteiger charge is 2.26. The Kier molecular flexibility index (Phi) is 5.38. The zero-order valence-corrected chi connectivity index (χ0v) is 16.7. The molecule has 0 bridgehead atoms. The van der Waals surface area contributed by atoms with E-state index < -0.39 is 12.1 Å². The highest BCUT2D eigenvalue weighted by atomic mass is 16.6. The van der Waals surface area contributed by atoms with Gasteiger partial charge in [-0.15, -0.1) is 0 Å². The maximum absolute atomic E-state index is 12.5. The predicted octanol–water partition coefficient (Wildman–Crippen LogP) is 4.66. The quantitative estimate of drug-likeness (QED) is 0.467. The molecule has 1 unspecified atom stereocenters. The van der Waals surface area contributed by atoms with Crippen molar-refractivity contribution in [3.8, 4) is 5.75 Å². The number of ether oxygens (including phenoxy) is 2. The monoisotopic (exact) mass is 392 g/mol. The molecule has 0 fully saturated rings. The van der Waals surface area contributed by atoms with Crippen molar-refractivity contribution in [2.45, 2.75) is 45.6 Å². The third kappa shape index (κ3) is 3.65. The SMILES string of the molecule is CCOC(=O)C(Oc1ccc2c3c(c(=O)oc2c1C)CCCC3)c1ccccc1. The lowest BCUT2D eigenvalue weighted by molar-refractivity contribution is -0.151. The second-order valence-corrected chi connectivity index (χ2v) is 7.28. The molecule has 150 valence electrons. The minimum atomic E-state index is -0.892. The third-order valence-electron chi connectivity index (χ3n) is 5.44. The summed E-state index contributed by atoms with van der Waals surface area (Å²) in [4.78, 5) is 25.0. The molecule has 0 spiro atoms. The van der Waals surface area contributed by atoms with Crippen LogP contribution in [0, 0.1) is 6.92 Å². The number of esters is 1. The van der Waals surface area contributed by atoms with Gasteiger partial charge < -0.3 is 13.9 Å². The fraction of sp³-hybridized carbons (Fsp3) is 0.333. The first-order valence-electron chi connectivity index (χ1n) is 10.1. The van der Waals surface area contributed by atoms with Crippen LogP contribution in [-0.4, -0.2) is 12.6 Å². The number of hydrogen-bond donors (Lipinski definition) is 0. The fourth-order valence-electron chi connectivity index (χ4n) is 3.98. The van der Waals surface area contributed by atoms with E-state index in [0.29, 0.717) is 22.5 Å². The molecule has 1 aliphatic carbocycles. The summed E-state index contributed by atoms with van der Waals surface area (Å²) in [6.45, 7) is 3.88. The molecule has 1 aromatic heterocycles. The van der Waals surface area contributed by atoms with E-state index in [1.54, 1.807) is 6.92 Å². The largest absolute Gasteiger partial charge is 0.474 e. The van der Waals surface area contributed by atoms with E-state index in [0.717, 1.165) is 42.2 Å². The number of hydrogen-bond acceptors (Lipinski definition) is 5. The molecule has 5 nitrogen and oxygen atoms in total. The van der Waals surface area contributed by atoms with Crippen LogP contribution in [0.5, 0.6) is 5.75 Å². The first-order chi connectivity index (χ1) is 14.1. The lowest BCUT2D eigenvalue weighted by Crippen LogP contribution is -2.22. The summed E-state index contributed by atoms with van der Waals surface area (Å²) in [5.41, 5.74) is 3.56. The standard InChI is InChI=1S/C24H24O5/c1-3-27-24(26)22(16-9-5-4-6-10-16)28-20-14-13-18-17-11-7-8-12-19(17)23(25)29-21(18)15(20)2/h4-6,9-10,13-14,22H,3,7-8,11-12H2,1-2H3. The van der Waals surface area contributed by atoms with Gasteiger partial charge in [-0.05, 0) is 57.2 Å². The summed E-state index contributed by atoms with van der Waals surface area (Å²) in [5, 5.41) is 0.955. The molecule has 0 saturated carbocycles. The summed E-state index contributed by atoms with van der Waals surface area (Å²) in [6, 6.07) is 13.0. The number of fused-ring (bicyclic) bond motifs is 3. The molecule has 1 aliphatic rings. The molecule has 0 radical (unpaired) electrons. The van der Waals surface area contributed by atoms with Crippen LogP contribution in [0.1, 0.15) is 48.1 Å². The number of rotatable bonds is 5. The van der Waals surface area contributed by atoms with E-state index in [1.807, 2.05) is 49.4 Å². The van der Waals surface area contributed by atoms with E-state index >= 15 is 0 Å². The number of aryl methyl sites for hydroxylation is 2. The Balaban J connectivity index is 1.78. The van der Waals surface area contributed by atoms with Gasteiger partial charge in [0, 0.05) is 22.1 Å². The molecule has 5 heteroatoms. The van der Waals surface area contributed by atoms with Crippen molar-refractivity contribution in [3.05, 3.63) is 75.1 Å². The van der Waals surface area contributed by atoms with Gasteiger partial charge >= 0.3 is 11.6 Å². The highest BCUT2D eigenvalue weighted by molar-refractivity contribution is 5.86. The first kappa shape index (κ1) is 19.2. The molecular formula is C24H24O5. The number of benzene rings is 2. The van der Waals surface area contributed by atoms with Gasteiger partial charge in [0.05, 0.1) is 6.61 Å². The second kappa shape index (κ2) is 8.11. The first-order valence-corrected chi connectivity index (χ1v) is 10.1. The van der Waals surface area contributed by atoms with Crippen molar-refractivity contribution < 1.29 is 18.7 Å². The van der Waals surface area contributed by atoms with Crippen molar-refractivity contribution in [1.82, 2.24) is 0 Å². The Labute approximate surface area is 169 Å². The summed E-state index contributed by atoms with van der Waals surface area (Å²) >= 11 is 0. The molecule has 1 atom stereocenters. The highest BCUT2D eigenvalue weighted by Crippen LogP contribution is 2.34. The molecule has 2 aromatic carbocycles. The molecule has 1 heterocycles. The van der Waals surface area contributed by atoms with Crippen molar-refractivity contribution in [2.24, 2.45) is 0 Å². The zero-order chi connectivity index (χ0) is 20.4. The molecule has 29 heavy (non-hydrogen) atoms. The van der Waals surface area contributed by atoms with Crippen LogP contribution in [0.25, 0.3) is 11.0 Å². The van der Waals surface area contributed by atoms with Gasteiger partial charge in [0.2, 0.25) is 6.10 Å². The lowest BCUT2D eigenvalue weighted by atomic mass is 9.90. The summed E-state index contributed by atoms with van der Waals surface area (Å²) < 4.78 is 17.0. The van der Waals surface area contributed by atoms with Crippen LogP contribution >= 0.6 is 0 Å². The van der Waals surface area contributed by atoms with Crippen LogP contribution in [0.4, 0.5) is 0 Å². The fourth-order valence-corrected chi connectivity index (χ4v) is 3.98. The molecular weight excluding hydrogens is 368 g/mol. The van der Waals surface area contributed by atoms with Gasteiger partial charge in [-0.3, -0.25) is 0 Å². The van der Waals surface area contributed by atoms with E-state index in [4.69, 9.17) is 13.9 Å². The van der Waals surface area contributed by atoms with Gasteiger partial charge in [-0.2, -0.15) is 0 Å². The van der Waals surface area contributed by atoms with Crippen molar-refractivity contribution in [2.75, 3.05) is 6.61 Å². The van der Waals surface area contributed by atoms with Crippen LogP contribution in [0.15, 0.2) is 51.7 Å². The van der Waals surface area contributed by atoms with E-state index in [1.165, 1.54) is 0 Å². The Morgan fingerprint density at radius 2 is 1.79 bits per heavy atom. The summed E-state index contributed by atoms with van der Waals surface area (Å²) in [7, 11) is 0. The van der Waals surface area contributed by atoms with Crippen molar-refractivity contribution in [3.63, 3.8) is 0 Å². The molecule has 0 aliphatic heterocycles. The molecule has 4 rings (SSSR count). The van der Waals surface area contributed by atoms with Crippen LogP contribution in [-0.2, 0) is 22.4 Å². The molecule has 0 saturated heterocycles. The summed E-state index contributed by atoms with van der Waals surface area (Å²) in [6.07, 6.45) is 2.84. The minimum Gasteiger partial charge on any atom is -0.474 e. The van der Waals surface area contributed by atoms with E-state index in [-0.39, 0.29) is 12.2 Å². The van der Waals surface area contributed by atoms with Crippen LogP contribution in [0.2, 0.25) is 0 Å². The second-order valence-electron chi connectivity index (χ2n) is 7.28. The zero-order valence-electron chi connectivity index (χ0n) is 16.7.